The van der Waals surface area contributed by atoms with Gasteiger partial charge in [0, 0.05) is 25.6 Å². The molecule has 1 aliphatic rings. The van der Waals surface area contributed by atoms with Crippen LogP contribution in [0.1, 0.15) is 17.9 Å². The number of rotatable bonds is 2. The second-order valence-corrected chi connectivity index (χ2v) is 4.74. The summed E-state index contributed by atoms with van der Waals surface area (Å²) >= 11 is 0. The van der Waals surface area contributed by atoms with Gasteiger partial charge in [-0.3, -0.25) is 0 Å². The van der Waals surface area contributed by atoms with Gasteiger partial charge >= 0.3 is 6.09 Å². The lowest BCUT2D eigenvalue weighted by atomic mass is 9.81. The zero-order chi connectivity index (χ0) is 14.0. The number of aliphatic hydroxyl groups is 1. The minimum absolute atomic E-state index is 0.100. The number of aliphatic hydroxyl groups excluding tert-OH is 1. The monoisotopic (exact) mass is 271 g/mol. The Labute approximate surface area is 109 Å². The molecule has 104 valence electrons. The quantitative estimate of drug-likeness (QED) is 0.865. The number of hydrogen-bond acceptors (Lipinski definition) is 2. The molecule has 1 fully saturated rings. The fraction of sp³-hybridized carbons (Fsp3) is 0.462. The molecule has 1 saturated heterocycles. The van der Waals surface area contributed by atoms with Crippen LogP contribution in [0.4, 0.5) is 13.6 Å². The van der Waals surface area contributed by atoms with Gasteiger partial charge in [0.1, 0.15) is 0 Å². The van der Waals surface area contributed by atoms with E-state index in [2.05, 4.69) is 0 Å². The van der Waals surface area contributed by atoms with Crippen molar-refractivity contribution in [2.45, 2.75) is 12.3 Å². The van der Waals surface area contributed by atoms with E-state index in [1.807, 2.05) is 0 Å². The molecular formula is C13H15F2NO3. The van der Waals surface area contributed by atoms with Crippen LogP contribution in [0.2, 0.25) is 0 Å². The van der Waals surface area contributed by atoms with Gasteiger partial charge < -0.3 is 15.1 Å². The zero-order valence-corrected chi connectivity index (χ0v) is 10.2. The van der Waals surface area contributed by atoms with Crippen molar-refractivity contribution in [3.63, 3.8) is 0 Å². The predicted molar refractivity (Wildman–Crippen MR) is 63.9 cm³/mol. The molecule has 2 N–H and O–H groups in total. The Morgan fingerprint density at radius 1 is 1.37 bits per heavy atom. The number of nitrogens with zero attached hydrogens (tertiary/aromatic N) is 1. The summed E-state index contributed by atoms with van der Waals surface area (Å²) in [5.74, 6) is -2.35. The van der Waals surface area contributed by atoms with Gasteiger partial charge in [-0.15, -0.1) is 0 Å². The minimum Gasteiger partial charge on any atom is -0.465 e. The molecule has 2 rings (SSSR count). The third kappa shape index (κ3) is 2.84. The molecule has 2 unspecified atom stereocenters. The van der Waals surface area contributed by atoms with E-state index in [0.717, 1.165) is 12.1 Å². The van der Waals surface area contributed by atoms with Crippen molar-refractivity contribution in [2.24, 2.45) is 5.92 Å². The number of benzene rings is 1. The summed E-state index contributed by atoms with van der Waals surface area (Å²) < 4.78 is 26.2. The maximum atomic E-state index is 13.3. The first-order chi connectivity index (χ1) is 9.02. The molecule has 6 heteroatoms. The largest absolute Gasteiger partial charge is 0.465 e. The highest BCUT2D eigenvalue weighted by atomic mass is 19.2. The van der Waals surface area contributed by atoms with E-state index in [4.69, 9.17) is 5.11 Å². The van der Waals surface area contributed by atoms with E-state index in [9.17, 15) is 18.7 Å². The number of carbonyl (C=O) groups is 1. The molecule has 1 aromatic carbocycles. The molecule has 1 heterocycles. The Morgan fingerprint density at radius 3 is 2.68 bits per heavy atom. The van der Waals surface area contributed by atoms with Crippen molar-refractivity contribution < 1.29 is 23.8 Å². The molecule has 0 spiro atoms. The summed E-state index contributed by atoms with van der Waals surface area (Å²) in [5.41, 5.74) is 0.518. The van der Waals surface area contributed by atoms with Crippen LogP contribution < -0.4 is 0 Å². The van der Waals surface area contributed by atoms with Crippen molar-refractivity contribution in [3.8, 4) is 0 Å². The predicted octanol–water partition coefficient (Wildman–Crippen LogP) is 2.04. The van der Waals surface area contributed by atoms with Gasteiger partial charge in [-0.2, -0.15) is 0 Å². The van der Waals surface area contributed by atoms with E-state index in [0.29, 0.717) is 18.5 Å². The van der Waals surface area contributed by atoms with Crippen molar-refractivity contribution in [1.82, 2.24) is 4.90 Å². The van der Waals surface area contributed by atoms with Gasteiger partial charge in [0.2, 0.25) is 0 Å². The highest BCUT2D eigenvalue weighted by molar-refractivity contribution is 5.65. The number of amides is 1. The maximum Gasteiger partial charge on any atom is 0.407 e. The van der Waals surface area contributed by atoms with E-state index < -0.39 is 17.7 Å². The van der Waals surface area contributed by atoms with Crippen LogP contribution in [0.3, 0.4) is 0 Å². The van der Waals surface area contributed by atoms with Crippen LogP contribution in [0, 0.1) is 17.6 Å². The number of likely N-dealkylation sites (tertiary alicyclic amines) is 1. The average molecular weight is 271 g/mol. The Balaban J connectivity index is 2.26. The lowest BCUT2D eigenvalue weighted by Crippen LogP contribution is -2.43. The van der Waals surface area contributed by atoms with Crippen LogP contribution in [0.5, 0.6) is 0 Å². The van der Waals surface area contributed by atoms with Crippen LogP contribution in [-0.2, 0) is 0 Å². The number of piperidine rings is 1. The molecule has 0 aromatic heterocycles. The Kier molecular flexibility index (Phi) is 3.99. The molecule has 19 heavy (non-hydrogen) atoms. The topological polar surface area (TPSA) is 60.8 Å². The molecule has 0 aliphatic carbocycles. The van der Waals surface area contributed by atoms with Crippen molar-refractivity contribution in [1.29, 1.82) is 0 Å². The highest BCUT2D eigenvalue weighted by Gasteiger charge is 2.32. The molecule has 0 radical (unpaired) electrons. The Morgan fingerprint density at radius 2 is 2.11 bits per heavy atom. The second kappa shape index (κ2) is 5.52. The Hall–Kier alpha value is -1.69. The SMILES string of the molecule is O=C(O)N1CCC(CO)C(c2ccc(F)c(F)c2)C1. The van der Waals surface area contributed by atoms with Gasteiger partial charge in [0.05, 0.1) is 0 Å². The van der Waals surface area contributed by atoms with Crippen molar-refractivity contribution in [3.05, 3.63) is 35.4 Å². The zero-order valence-electron chi connectivity index (χ0n) is 10.2. The number of halogens is 2. The van der Waals surface area contributed by atoms with Crippen molar-refractivity contribution >= 4 is 6.09 Å². The number of carboxylic acid groups (broad SMARTS) is 1. The smallest absolute Gasteiger partial charge is 0.407 e. The van der Waals surface area contributed by atoms with Gasteiger partial charge in [-0.05, 0) is 30.0 Å². The first kappa shape index (κ1) is 13.7. The van der Waals surface area contributed by atoms with Gasteiger partial charge in [0.25, 0.3) is 0 Å². The Bertz CT molecular complexity index is 481. The molecule has 1 aromatic rings. The minimum atomic E-state index is -1.04. The number of hydrogen-bond donors (Lipinski definition) is 2. The van der Waals surface area contributed by atoms with E-state index in [-0.39, 0.29) is 25.0 Å². The van der Waals surface area contributed by atoms with Crippen LogP contribution in [-0.4, -0.2) is 40.9 Å². The van der Waals surface area contributed by atoms with Crippen molar-refractivity contribution in [2.75, 3.05) is 19.7 Å². The lowest BCUT2D eigenvalue weighted by Gasteiger charge is -2.36. The fourth-order valence-corrected chi connectivity index (χ4v) is 2.51. The molecular weight excluding hydrogens is 256 g/mol. The van der Waals surface area contributed by atoms with Crippen LogP contribution >= 0.6 is 0 Å². The van der Waals surface area contributed by atoms with E-state index in [1.54, 1.807) is 0 Å². The van der Waals surface area contributed by atoms with E-state index in [1.165, 1.54) is 11.0 Å². The van der Waals surface area contributed by atoms with Gasteiger partial charge in [-0.25, -0.2) is 13.6 Å². The third-order valence-corrected chi connectivity index (χ3v) is 3.63. The maximum absolute atomic E-state index is 13.3. The summed E-state index contributed by atoms with van der Waals surface area (Å²) in [6, 6.07) is 3.55. The summed E-state index contributed by atoms with van der Waals surface area (Å²) in [5, 5.41) is 18.3. The van der Waals surface area contributed by atoms with Gasteiger partial charge in [-0.1, -0.05) is 6.07 Å². The van der Waals surface area contributed by atoms with Crippen LogP contribution in [0.15, 0.2) is 18.2 Å². The molecule has 2 atom stereocenters. The first-order valence-corrected chi connectivity index (χ1v) is 6.06. The second-order valence-electron chi connectivity index (χ2n) is 4.74. The van der Waals surface area contributed by atoms with Gasteiger partial charge in [0.15, 0.2) is 11.6 Å². The molecule has 0 saturated carbocycles. The van der Waals surface area contributed by atoms with E-state index >= 15 is 0 Å². The summed E-state index contributed by atoms with van der Waals surface area (Å²) in [6.07, 6.45) is -0.532. The molecule has 1 aliphatic heterocycles. The first-order valence-electron chi connectivity index (χ1n) is 6.06. The molecule has 1 amide bonds. The average Bonchev–Trinajstić information content (AvgIpc) is 2.41. The molecule has 0 bridgehead atoms. The standard InChI is InChI=1S/C13H15F2NO3/c14-11-2-1-8(5-12(11)15)10-6-16(13(18)19)4-3-9(10)7-17/h1-2,5,9-10,17H,3-4,6-7H2,(H,18,19). The normalized spacial score (nSPS) is 23.4. The lowest BCUT2D eigenvalue weighted by molar-refractivity contribution is 0.0937. The van der Waals surface area contributed by atoms with Crippen LogP contribution in [0.25, 0.3) is 0 Å². The summed E-state index contributed by atoms with van der Waals surface area (Å²) in [6.45, 7) is 0.434. The summed E-state index contributed by atoms with van der Waals surface area (Å²) in [4.78, 5) is 12.2. The third-order valence-electron chi connectivity index (χ3n) is 3.63. The fourth-order valence-electron chi connectivity index (χ4n) is 2.51. The molecule has 4 nitrogen and oxygen atoms in total. The highest BCUT2D eigenvalue weighted by Crippen LogP contribution is 2.32. The summed E-state index contributed by atoms with van der Waals surface area (Å²) in [7, 11) is 0.